The number of rotatable bonds is 5. The van der Waals surface area contributed by atoms with Gasteiger partial charge in [-0.2, -0.15) is 9.97 Å². The van der Waals surface area contributed by atoms with Crippen LogP contribution in [0.4, 0.5) is 10.2 Å². The van der Waals surface area contributed by atoms with Crippen LogP contribution in [0.25, 0.3) is 32.9 Å². The Bertz CT molecular complexity index is 1650. The van der Waals surface area contributed by atoms with Crippen LogP contribution < -0.4 is 15.0 Å². The highest BCUT2D eigenvalue weighted by Crippen LogP contribution is 2.42. The Morgan fingerprint density at radius 2 is 1.90 bits per heavy atom. The first-order chi connectivity index (χ1) is 20.0. The molecule has 2 aromatic heterocycles. The minimum atomic E-state index is -0.475. The van der Waals surface area contributed by atoms with Crippen LogP contribution >= 0.6 is 11.6 Å². The van der Waals surface area contributed by atoms with Gasteiger partial charge in [0.15, 0.2) is 5.82 Å². The molecule has 6 heterocycles. The highest BCUT2D eigenvalue weighted by Gasteiger charge is 2.48. The zero-order valence-corrected chi connectivity index (χ0v) is 24.0. The van der Waals surface area contributed by atoms with Crippen molar-refractivity contribution >= 4 is 39.1 Å². The molecule has 41 heavy (non-hydrogen) atoms. The van der Waals surface area contributed by atoms with E-state index in [2.05, 4.69) is 27.0 Å². The Kier molecular flexibility index (Phi) is 6.09. The van der Waals surface area contributed by atoms with Gasteiger partial charge in [0.25, 0.3) is 0 Å². The molecule has 4 aliphatic heterocycles. The van der Waals surface area contributed by atoms with E-state index >= 15 is 4.39 Å². The smallest absolute Gasteiger partial charge is 0.319 e. The predicted molar refractivity (Wildman–Crippen MR) is 160 cm³/mol. The Morgan fingerprint density at radius 1 is 1.10 bits per heavy atom. The van der Waals surface area contributed by atoms with E-state index in [0.717, 1.165) is 62.6 Å². The molecule has 9 heteroatoms. The first-order valence-electron chi connectivity index (χ1n) is 14.9. The Balaban J connectivity index is 1.25. The van der Waals surface area contributed by atoms with Gasteiger partial charge in [-0.1, -0.05) is 48.9 Å². The highest BCUT2D eigenvalue weighted by molar-refractivity contribution is 6.36. The third-order valence-corrected chi connectivity index (χ3v) is 10.1. The van der Waals surface area contributed by atoms with Crippen LogP contribution in [0.2, 0.25) is 5.02 Å². The van der Waals surface area contributed by atoms with Crippen LogP contribution in [0.3, 0.4) is 0 Å². The van der Waals surface area contributed by atoms with Crippen LogP contribution in [0.5, 0.6) is 6.01 Å². The van der Waals surface area contributed by atoms with Gasteiger partial charge < -0.3 is 15.0 Å². The molecule has 1 N–H and O–H groups in total. The number of hydrogen-bond acceptors (Lipinski definition) is 7. The van der Waals surface area contributed by atoms with Gasteiger partial charge in [-0.3, -0.25) is 9.88 Å². The number of benzene rings is 2. The number of ether oxygens (including phenoxy) is 1. The number of hydrogen-bond donors (Lipinski definition) is 1. The fraction of sp³-hybridized carbons (Fsp3) is 0.469. The van der Waals surface area contributed by atoms with Crippen molar-refractivity contribution in [3.05, 3.63) is 53.4 Å². The zero-order valence-electron chi connectivity index (χ0n) is 23.2. The number of fused-ring (bicyclic) bond motifs is 5. The summed E-state index contributed by atoms with van der Waals surface area (Å²) in [6, 6.07) is 12.5. The molecule has 2 aromatic carbocycles. The summed E-state index contributed by atoms with van der Waals surface area (Å²) < 4.78 is 23.1. The van der Waals surface area contributed by atoms with Crippen molar-refractivity contribution in [2.24, 2.45) is 5.92 Å². The molecular formula is C32H34ClFN6O. The number of halogens is 2. The topological polar surface area (TPSA) is 66.4 Å². The van der Waals surface area contributed by atoms with Gasteiger partial charge in [-0.15, -0.1) is 0 Å². The summed E-state index contributed by atoms with van der Waals surface area (Å²) in [5, 5.41) is 6.58. The van der Waals surface area contributed by atoms with Gasteiger partial charge in [-0.05, 0) is 56.0 Å². The first-order valence-corrected chi connectivity index (χ1v) is 15.3. The van der Waals surface area contributed by atoms with E-state index < -0.39 is 5.82 Å². The Hall–Kier alpha value is -3.07. The lowest BCUT2D eigenvalue weighted by molar-refractivity contribution is 0.107. The van der Waals surface area contributed by atoms with Gasteiger partial charge >= 0.3 is 6.01 Å². The summed E-state index contributed by atoms with van der Waals surface area (Å²) in [5.41, 5.74) is 1.15. The molecule has 4 atom stereocenters. The van der Waals surface area contributed by atoms with E-state index in [4.69, 9.17) is 26.3 Å². The molecule has 4 aromatic rings. The quantitative estimate of drug-likeness (QED) is 0.323. The van der Waals surface area contributed by atoms with Gasteiger partial charge in [0.2, 0.25) is 0 Å². The molecule has 7 nitrogen and oxygen atoms in total. The molecule has 4 saturated heterocycles. The second-order valence-electron chi connectivity index (χ2n) is 12.6. The minimum absolute atomic E-state index is 0.0215. The number of pyridine rings is 1. The second kappa shape index (κ2) is 9.75. The number of piperazine rings is 1. The van der Waals surface area contributed by atoms with Crippen LogP contribution in [0.1, 0.15) is 39.0 Å². The average molecular weight is 573 g/mol. The van der Waals surface area contributed by atoms with Crippen LogP contribution in [0, 0.1) is 11.7 Å². The lowest BCUT2D eigenvalue weighted by atomic mass is 9.92. The maximum atomic E-state index is 16.6. The number of anilines is 1. The molecule has 8 rings (SSSR count). The van der Waals surface area contributed by atoms with Crippen LogP contribution in [-0.2, 0) is 0 Å². The molecule has 0 spiro atoms. The van der Waals surface area contributed by atoms with E-state index in [1.807, 2.05) is 36.4 Å². The Labute approximate surface area is 244 Å². The largest absolute Gasteiger partial charge is 0.461 e. The number of aromatic nitrogens is 3. The molecule has 4 fully saturated rings. The SMILES string of the molecule is CC1CN2CCCC2(COc2nc(N3C[C@H]4CC[C@@H](C3)N4)c3cnc(-c4cccc5cccc(Cl)c45)c(F)c3n2)C1. The van der Waals surface area contributed by atoms with E-state index in [-0.39, 0.29) is 22.8 Å². The monoisotopic (exact) mass is 572 g/mol. The molecule has 0 saturated carbocycles. The fourth-order valence-electron chi connectivity index (χ4n) is 8.00. The normalized spacial score (nSPS) is 27.7. The standard InChI is InChI=1S/C32H34ClFN6O/c1-19-13-32(11-4-12-40(32)15-19)18-41-31-37-29-24(30(38-31)39-16-21-9-10-22(17-39)36-21)14-35-28(27(29)34)23-7-2-5-20-6-3-8-25(33)26(20)23/h2-3,5-8,14,19,21-22,36H,4,9-13,15-18H2,1H3/t19?,21-,22+,32?. The second-order valence-corrected chi connectivity index (χ2v) is 13.0. The van der Waals surface area contributed by atoms with Gasteiger partial charge in [0.1, 0.15) is 23.6 Å². The summed E-state index contributed by atoms with van der Waals surface area (Å²) in [5.74, 6) is 0.872. The summed E-state index contributed by atoms with van der Waals surface area (Å²) >= 11 is 6.61. The van der Waals surface area contributed by atoms with Crippen molar-refractivity contribution < 1.29 is 9.13 Å². The third-order valence-electron chi connectivity index (χ3n) is 9.74. The molecular weight excluding hydrogens is 539 g/mol. The highest BCUT2D eigenvalue weighted by atomic mass is 35.5. The van der Waals surface area contributed by atoms with Crippen molar-refractivity contribution in [2.75, 3.05) is 37.7 Å². The van der Waals surface area contributed by atoms with Crippen molar-refractivity contribution in [1.82, 2.24) is 25.2 Å². The third kappa shape index (κ3) is 4.25. The van der Waals surface area contributed by atoms with Crippen molar-refractivity contribution in [3.63, 3.8) is 0 Å². The predicted octanol–water partition coefficient (Wildman–Crippen LogP) is 5.83. The number of nitrogens with one attached hydrogen (secondary N) is 1. The van der Waals surface area contributed by atoms with E-state index in [1.165, 1.54) is 6.42 Å². The lowest BCUT2D eigenvalue weighted by Gasteiger charge is -2.34. The molecule has 2 bridgehead atoms. The molecule has 0 radical (unpaired) electrons. The summed E-state index contributed by atoms with van der Waals surface area (Å²) in [6.45, 7) is 6.69. The van der Waals surface area contributed by atoms with E-state index in [9.17, 15) is 0 Å². The van der Waals surface area contributed by atoms with Crippen molar-refractivity contribution in [3.8, 4) is 17.3 Å². The average Bonchev–Trinajstić information content (AvgIpc) is 3.62. The fourth-order valence-corrected chi connectivity index (χ4v) is 8.28. The molecule has 2 unspecified atom stereocenters. The van der Waals surface area contributed by atoms with Gasteiger partial charge in [0.05, 0.1) is 10.9 Å². The molecule has 0 amide bonds. The van der Waals surface area contributed by atoms with Gasteiger partial charge in [-0.25, -0.2) is 4.39 Å². The van der Waals surface area contributed by atoms with Crippen molar-refractivity contribution in [1.29, 1.82) is 0 Å². The zero-order chi connectivity index (χ0) is 27.7. The maximum absolute atomic E-state index is 16.6. The molecule has 0 aliphatic carbocycles. The summed E-state index contributed by atoms with van der Waals surface area (Å²) in [7, 11) is 0. The summed E-state index contributed by atoms with van der Waals surface area (Å²) in [4.78, 5) is 19.2. The maximum Gasteiger partial charge on any atom is 0.319 e. The lowest BCUT2D eigenvalue weighted by Crippen LogP contribution is -2.51. The molecule has 212 valence electrons. The Morgan fingerprint density at radius 3 is 2.73 bits per heavy atom. The van der Waals surface area contributed by atoms with E-state index in [1.54, 1.807) is 6.20 Å². The van der Waals surface area contributed by atoms with Crippen molar-refractivity contribution in [2.45, 2.75) is 56.7 Å². The van der Waals surface area contributed by atoms with E-state index in [0.29, 0.717) is 46.4 Å². The number of nitrogens with zero attached hydrogens (tertiary/aromatic N) is 5. The van der Waals surface area contributed by atoms with Gasteiger partial charge in [0, 0.05) is 53.9 Å². The van der Waals surface area contributed by atoms with Crippen LogP contribution in [-0.4, -0.2) is 70.3 Å². The summed E-state index contributed by atoms with van der Waals surface area (Å²) in [6.07, 6.45) is 7.41. The first kappa shape index (κ1) is 25.6. The molecule has 4 aliphatic rings. The minimum Gasteiger partial charge on any atom is -0.461 e. The van der Waals surface area contributed by atoms with Crippen LogP contribution in [0.15, 0.2) is 42.6 Å².